The van der Waals surface area contributed by atoms with E-state index in [0.717, 1.165) is 4.47 Å². The van der Waals surface area contributed by atoms with E-state index in [1.807, 2.05) is 0 Å². The van der Waals surface area contributed by atoms with Gasteiger partial charge in [-0.25, -0.2) is 0 Å². The molecule has 0 radical (unpaired) electrons. The van der Waals surface area contributed by atoms with Crippen molar-refractivity contribution in [2.45, 2.75) is 0 Å². The first-order valence-electron chi connectivity index (χ1n) is 2.88. The van der Waals surface area contributed by atoms with Crippen molar-refractivity contribution in [1.29, 1.82) is 0 Å². The molecule has 0 atom stereocenters. The smallest absolute Gasteiger partial charge is 0.169 e. The zero-order chi connectivity index (χ0) is 8.43. The van der Waals surface area contributed by atoms with Crippen LogP contribution in [0.1, 0.15) is 5.69 Å². The minimum atomic E-state index is 0.261. The van der Waals surface area contributed by atoms with Crippen LogP contribution < -0.4 is 11.6 Å². The summed E-state index contributed by atoms with van der Waals surface area (Å²) in [6.07, 6.45) is 1.63. The SMILES string of the molecule is Cn1ncc(Br)c1/C(N)=N/N. The van der Waals surface area contributed by atoms with Crippen molar-refractivity contribution in [2.24, 2.45) is 23.7 Å². The van der Waals surface area contributed by atoms with Gasteiger partial charge in [0.2, 0.25) is 0 Å². The van der Waals surface area contributed by atoms with Crippen molar-refractivity contribution < 1.29 is 0 Å². The Bertz CT molecular complexity index is 270. The molecule has 4 N–H and O–H groups in total. The highest BCUT2D eigenvalue weighted by molar-refractivity contribution is 9.10. The summed E-state index contributed by atoms with van der Waals surface area (Å²) in [4.78, 5) is 0. The maximum absolute atomic E-state index is 5.47. The molecule has 6 heteroatoms. The number of hydrazone groups is 1. The van der Waals surface area contributed by atoms with Gasteiger partial charge in [-0.1, -0.05) is 0 Å². The number of halogens is 1. The van der Waals surface area contributed by atoms with E-state index in [-0.39, 0.29) is 5.84 Å². The first-order valence-corrected chi connectivity index (χ1v) is 3.67. The van der Waals surface area contributed by atoms with Crippen molar-refractivity contribution in [3.05, 3.63) is 16.4 Å². The van der Waals surface area contributed by atoms with Gasteiger partial charge in [0.15, 0.2) is 5.84 Å². The molecule has 0 fully saturated rings. The molecule has 0 bridgehead atoms. The Hall–Kier alpha value is -1.04. The molecule has 0 aliphatic carbocycles. The molecule has 0 amide bonds. The Kier molecular flexibility index (Phi) is 2.13. The highest BCUT2D eigenvalue weighted by Crippen LogP contribution is 2.13. The molecule has 0 spiro atoms. The zero-order valence-corrected chi connectivity index (χ0v) is 7.54. The second kappa shape index (κ2) is 2.91. The van der Waals surface area contributed by atoms with Crippen LogP contribution in [-0.4, -0.2) is 15.6 Å². The highest BCUT2D eigenvalue weighted by Gasteiger charge is 2.08. The molecule has 0 unspecified atom stereocenters. The number of amidine groups is 1. The van der Waals surface area contributed by atoms with Crippen molar-refractivity contribution in [3.8, 4) is 0 Å². The monoisotopic (exact) mass is 217 g/mol. The van der Waals surface area contributed by atoms with Crippen LogP contribution in [0, 0.1) is 0 Å². The van der Waals surface area contributed by atoms with Crippen LogP contribution in [0.15, 0.2) is 15.8 Å². The normalized spacial score (nSPS) is 12.0. The van der Waals surface area contributed by atoms with Crippen LogP contribution in [-0.2, 0) is 7.05 Å². The molecule has 0 saturated heterocycles. The van der Waals surface area contributed by atoms with Gasteiger partial charge in [-0.05, 0) is 15.9 Å². The van der Waals surface area contributed by atoms with Gasteiger partial charge in [0, 0.05) is 7.05 Å². The summed E-state index contributed by atoms with van der Waals surface area (Å²) in [5.74, 6) is 5.26. The Morgan fingerprint density at radius 2 is 2.45 bits per heavy atom. The maximum atomic E-state index is 5.47. The zero-order valence-electron chi connectivity index (χ0n) is 5.95. The lowest BCUT2D eigenvalue weighted by Crippen LogP contribution is -2.19. The predicted octanol–water partition coefficient (Wildman–Crippen LogP) is -0.238. The average molecular weight is 218 g/mol. The third-order valence-corrected chi connectivity index (χ3v) is 1.86. The summed E-state index contributed by atoms with van der Waals surface area (Å²) in [6.45, 7) is 0. The minimum absolute atomic E-state index is 0.261. The maximum Gasteiger partial charge on any atom is 0.169 e. The van der Waals surface area contributed by atoms with Gasteiger partial charge in [0.25, 0.3) is 0 Å². The second-order valence-corrected chi connectivity index (χ2v) is 2.83. The lowest BCUT2D eigenvalue weighted by atomic mass is 10.4. The number of nitrogens with zero attached hydrogens (tertiary/aromatic N) is 3. The fourth-order valence-corrected chi connectivity index (χ4v) is 1.31. The minimum Gasteiger partial charge on any atom is -0.380 e. The van der Waals surface area contributed by atoms with Gasteiger partial charge in [0.1, 0.15) is 5.69 Å². The lowest BCUT2D eigenvalue weighted by molar-refractivity contribution is 0.758. The van der Waals surface area contributed by atoms with E-state index in [2.05, 4.69) is 26.1 Å². The van der Waals surface area contributed by atoms with Gasteiger partial charge >= 0.3 is 0 Å². The summed E-state index contributed by atoms with van der Waals surface area (Å²) in [6, 6.07) is 0. The van der Waals surface area contributed by atoms with Crippen LogP contribution >= 0.6 is 15.9 Å². The van der Waals surface area contributed by atoms with Gasteiger partial charge in [-0.2, -0.15) is 10.2 Å². The summed E-state index contributed by atoms with van der Waals surface area (Å²) in [5, 5.41) is 7.29. The standard InChI is InChI=1S/C5H8BrN5/c1-11-4(5(7)10-8)3(6)2-9-11/h2H,8H2,1H3,(H2,7,10). The topological polar surface area (TPSA) is 82.2 Å². The van der Waals surface area contributed by atoms with Crippen LogP contribution in [0.25, 0.3) is 0 Å². The van der Waals surface area contributed by atoms with Crippen molar-refractivity contribution in [1.82, 2.24) is 9.78 Å². The van der Waals surface area contributed by atoms with Gasteiger partial charge < -0.3 is 11.6 Å². The van der Waals surface area contributed by atoms with Gasteiger partial charge in [-0.15, -0.1) is 0 Å². The molecule has 0 saturated carbocycles. The number of nitrogens with two attached hydrogens (primary N) is 2. The first kappa shape index (κ1) is 8.06. The molecule has 1 aromatic rings. The summed E-state index contributed by atoms with van der Waals surface area (Å²) in [5.41, 5.74) is 6.16. The molecule has 1 rings (SSSR count). The van der Waals surface area contributed by atoms with Gasteiger partial charge in [-0.3, -0.25) is 4.68 Å². The molecule has 11 heavy (non-hydrogen) atoms. The Morgan fingerprint density at radius 1 is 1.82 bits per heavy atom. The molecule has 5 nitrogen and oxygen atoms in total. The molecular weight excluding hydrogens is 210 g/mol. The van der Waals surface area contributed by atoms with E-state index < -0.39 is 0 Å². The average Bonchev–Trinajstić information content (AvgIpc) is 2.30. The molecule has 0 aromatic carbocycles. The van der Waals surface area contributed by atoms with E-state index in [1.165, 1.54) is 0 Å². The Morgan fingerprint density at radius 3 is 2.82 bits per heavy atom. The van der Waals surface area contributed by atoms with E-state index in [9.17, 15) is 0 Å². The van der Waals surface area contributed by atoms with E-state index >= 15 is 0 Å². The molecule has 60 valence electrons. The van der Waals surface area contributed by atoms with Crippen LogP contribution in [0.2, 0.25) is 0 Å². The third kappa shape index (κ3) is 1.35. The van der Waals surface area contributed by atoms with Gasteiger partial charge in [0.05, 0.1) is 10.7 Å². The molecule has 0 aliphatic rings. The van der Waals surface area contributed by atoms with Crippen LogP contribution in [0.5, 0.6) is 0 Å². The summed E-state index contributed by atoms with van der Waals surface area (Å²) >= 11 is 3.26. The quantitative estimate of drug-likeness (QED) is 0.295. The largest absolute Gasteiger partial charge is 0.380 e. The number of aromatic nitrogens is 2. The number of hydrogen-bond acceptors (Lipinski definition) is 3. The van der Waals surface area contributed by atoms with Crippen LogP contribution in [0.4, 0.5) is 0 Å². The third-order valence-electron chi connectivity index (χ3n) is 1.28. The first-order chi connectivity index (χ1) is 5.16. The lowest BCUT2D eigenvalue weighted by Gasteiger charge is -1.99. The van der Waals surface area contributed by atoms with Crippen molar-refractivity contribution in [3.63, 3.8) is 0 Å². The highest BCUT2D eigenvalue weighted by atomic mass is 79.9. The van der Waals surface area contributed by atoms with Crippen LogP contribution in [0.3, 0.4) is 0 Å². The molecule has 0 aliphatic heterocycles. The fourth-order valence-electron chi connectivity index (χ4n) is 0.760. The van der Waals surface area contributed by atoms with E-state index in [4.69, 9.17) is 11.6 Å². The second-order valence-electron chi connectivity index (χ2n) is 1.98. The molecule has 1 aromatic heterocycles. The number of rotatable bonds is 1. The fraction of sp³-hybridized carbons (Fsp3) is 0.200. The summed E-state index contributed by atoms with van der Waals surface area (Å²) in [7, 11) is 1.76. The predicted molar refractivity (Wildman–Crippen MR) is 45.8 cm³/mol. The van der Waals surface area contributed by atoms with E-state index in [0.29, 0.717) is 5.69 Å². The molecular formula is C5H8BrN5. The summed E-state index contributed by atoms with van der Waals surface area (Å²) < 4.78 is 2.38. The number of hydrogen-bond donors (Lipinski definition) is 2. The Balaban J connectivity index is 3.21. The van der Waals surface area contributed by atoms with Crippen molar-refractivity contribution in [2.75, 3.05) is 0 Å². The van der Waals surface area contributed by atoms with E-state index in [1.54, 1.807) is 17.9 Å². The van der Waals surface area contributed by atoms with Crippen molar-refractivity contribution >= 4 is 21.8 Å². The Labute approximate surface area is 72.2 Å². The number of aryl methyl sites for hydroxylation is 1. The molecule has 1 heterocycles.